The van der Waals surface area contributed by atoms with Gasteiger partial charge in [0.2, 0.25) is 0 Å². The van der Waals surface area contributed by atoms with E-state index >= 15 is 0 Å². The van der Waals surface area contributed by atoms with Crippen molar-refractivity contribution >= 4 is 5.69 Å². The molecule has 0 fully saturated rings. The van der Waals surface area contributed by atoms with Crippen LogP contribution in [-0.4, -0.2) is 19.9 Å². The van der Waals surface area contributed by atoms with E-state index in [1.807, 2.05) is 0 Å². The summed E-state index contributed by atoms with van der Waals surface area (Å²) >= 11 is 0. The van der Waals surface area contributed by atoms with Crippen LogP contribution in [0.5, 0.6) is 0 Å². The predicted octanol–water partition coefficient (Wildman–Crippen LogP) is 3.11. The van der Waals surface area contributed by atoms with Crippen LogP contribution in [0, 0.1) is 10.1 Å². The highest BCUT2D eigenvalue weighted by atomic mass is 16.6. The molecule has 0 saturated heterocycles. The fourth-order valence-electron chi connectivity index (χ4n) is 2.03. The Balaban J connectivity index is 2.14. The van der Waals surface area contributed by atoms with Gasteiger partial charge in [-0.05, 0) is 29.8 Å². The first kappa shape index (κ1) is 12.9. The highest BCUT2D eigenvalue weighted by Crippen LogP contribution is 2.31. The molecule has 0 aliphatic rings. The second kappa shape index (κ2) is 5.46. The molecule has 0 spiro atoms. The standard InChI is InChI=1S/C15H10N4O2/c20-19(21)14-9-13(11-1-5-16-6-2-11)10-18-15(14)12-3-7-17-8-4-12/h1-10H. The first-order valence-corrected chi connectivity index (χ1v) is 6.21. The van der Waals surface area contributed by atoms with Gasteiger partial charge in [-0.3, -0.25) is 20.1 Å². The first-order chi connectivity index (χ1) is 10.3. The van der Waals surface area contributed by atoms with Crippen molar-refractivity contribution < 1.29 is 4.92 Å². The summed E-state index contributed by atoms with van der Waals surface area (Å²) in [7, 11) is 0. The van der Waals surface area contributed by atoms with Gasteiger partial charge in [-0.25, -0.2) is 4.98 Å². The van der Waals surface area contributed by atoms with Crippen LogP contribution in [0.15, 0.2) is 61.3 Å². The third-order valence-corrected chi connectivity index (χ3v) is 3.03. The van der Waals surface area contributed by atoms with Crippen molar-refractivity contribution in [2.45, 2.75) is 0 Å². The summed E-state index contributed by atoms with van der Waals surface area (Å²) in [6.07, 6.45) is 8.06. The van der Waals surface area contributed by atoms with Gasteiger partial charge < -0.3 is 0 Å². The van der Waals surface area contributed by atoms with Crippen molar-refractivity contribution in [2.75, 3.05) is 0 Å². The third-order valence-electron chi connectivity index (χ3n) is 3.03. The molecule has 0 saturated carbocycles. The largest absolute Gasteiger partial charge is 0.296 e. The number of nitro groups is 1. The molecule has 0 N–H and O–H groups in total. The summed E-state index contributed by atoms with van der Waals surface area (Å²) in [6.45, 7) is 0. The highest BCUT2D eigenvalue weighted by Gasteiger charge is 2.18. The second-order valence-electron chi connectivity index (χ2n) is 4.32. The molecule has 0 radical (unpaired) electrons. The van der Waals surface area contributed by atoms with Crippen LogP contribution in [-0.2, 0) is 0 Å². The maximum atomic E-state index is 11.3. The molecule has 0 aromatic carbocycles. The molecular formula is C15H10N4O2. The summed E-state index contributed by atoms with van der Waals surface area (Å²) in [6, 6.07) is 8.49. The minimum Gasteiger partial charge on any atom is -0.265 e. The number of nitrogens with zero attached hydrogens (tertiary/aromatic N) is 4. The number of rotatable bonds is 3. The minimum atomic E-state index is -0.423. The van der Waals surface area contributed by atoms with E-state index in [1.165, 1.54) is 6.07 Å². The van der Waals surface area contributed by atoms with Gasteiger partial charge >= 0.3 is 0 Å². The molecule has 0 atom stereocenters. The zero-order valence-corrected chi connectivity index (χ0v) is 10.9. The first-order valence-electron chi connectivity index (χ1n) is 6.21. The van der Waals surface area contributed by atoms with Gasteiger partial charge in [-0.15, -0.1) is 0 Å². The molecule has 0 aliphatic heterocycles. The Hall–Kier alpha value is -3.15. The highest BCUT2D eigenvalue weighted by molar-refractivity contribution is 5.74. The fourth-order valence-corrected chi connectivity index (χ4v) is 2.03. The smallest absolute Gasteiger partial charge is 0.265 e. The molecule has 21 heavy (non-hydrogen) atoms. The van der Waals surface area contributed by atoms with Crippen molar-refractivity contribution in [1.29, 1.82) is 0 Å². The molecule has 3 aromatic heterocycles. The topological polar surface area (TPSA) is 81.8 Å². The van der Waals surface area contributed by atoms with E-state index < -0.39 is 4.92 Å². The van der Waals surface area contributed by atoms with Crippen molar-refractivity contribution in [3.63, 3.8) is 0 Å². The van der Waals surface area contributed by atoms with Crippen molar-refractivity contribution in [3.05, 3.63) is 71.4 Å². The molecule has 3 heterocycles. The van der Waals surface area contributed by atoms with Gasteiger partial charge in [0.25, 0.3) is 5.69 Å². The molecule has 0 amide bonds. The lowest BCUT2D eigenvalue weighted by Gasteiger charge is -2.05. The zero-order valence-electron chi connectivity index (χ0n) is 10.9. The van der Waals surface area contributed by atoms with E-state index in [-0.39, 0.29) is 5.69 Å². The Bertz CT molecular complexity index is 776. The lowest BCUT2D eigenvalue weighted by molar-refractivity contribution is -0.384. The number of hydrogen-bond acceptors (Lipinski definition) is 5. The fraction of sp³-hybridized carbons (Fsp3) is 0. The average Bonchev–Trinajstić information content (AvgIpc) is 2.56. The van der Waals surface area contributed by atoms with Crippen LogP contribution in [0.1, 0.15) is 0 Å². The Morgan fingerprint density at radius 3 is 2.00 bits per heavy atom. The monoisotopic (exact) mass is 278 g/mol. The van der Waals surface area contributed by atoms with Crippen molar-refractivity contribution in [1.82, 2.24) is 15.0 Å². The van der Waals surface area contributed by atoms with Gasteiger partial charge in [-0.2, -0.15) is 0 Å². The second-order valence-corrected chi connectivity index (χ2v) is 4.32. The maximum absolute atomic E-state index is 11.3. The van der Waals surface area contributed by atoms with E-state index in [0.717, 1.165) is 5.56 Å². The molecule has 3 aromatic rings. The molecule has 6 heteroatoms. The summed E-state index contributed by atoms with van der Waals surface area (Å²) < 4.78 is 0. The lowest BCUT2D eigenvalue weighted by Crippen LogP contribution is -1.96. The summed E-state index contributed by atoms with van der Waals surface area (Å²) in [5.74, 6) is 0. The minimum absolute atomic E-state index is 0.0319. The molecule has 102 valence electrons. The van der Waals surface area contributed by atoms with Crippen LogP contribution in [0.25, 0.3) is 22.4 Å². The van der Waals surface area contributed by atoms with Crippen LogP contribution in [0.4, 0.5) is 5.69 Å². The molecule has 0 unspecified atom stereocenters. The van der Waals surface area contributed by atoms with E-state index in [4.69, 9.17) is 0 Å². The zero-order chi connectivity index (χ0) is 14.7. The number of pyridine rings is 3. The van der Waals surface area contributed by atoms with E-state index in [0.29, 0.717) is 16.8 Å². The molecule has 6 nitrogen and oxygen atoms in total. The molecule has 0 aliphatic carbocycles. The molecule has 3 rings (SSSR count). The van der Waals surface area contributed by atoms with Crippen LogP contribution in [0.3, 0.4) is 0 Å². The lowest BCUT2D eigenvalue weighted by atomic mass is 10.1. The van der Waals surface area contributed by atoms with E-state index in [2.05, 4.69) is 15.0 Å². The van der Waals surface area contributed by atoms with Gasteiger partial charge in [0.05, 0.1) is 4.92 Å². The third kappa shape index (κ3) is 2.59. The van der Waals surface area contributed by atoms with Gasteiger partial charge in [0.1, 0.15) is 5.69 Å². The summed E-state index contributed by atoms with van der Waals surface area (Å²) in [5, 5.41) is 11.3. The quantitative estimate of drug-likeness (QED) is 0.543. The molecular weight excluding hydrogens is 268 g/mol. The van der Waals surface area contributed by atoms with Crippen LogP contribution >= 0.6 is 0 Å². The van der Waals surface area contributed by atoms with E-state index in [9.17, 15) is 10.1 Å². The van der Waals surface area contributed by atoms with Gasteiger partial charge in [-0.1, -0.05) is 0 Å². The normalized spacial score (nSPS) is 10.3. The van der Waals surface area contributed by atoms with Gasteiger partial charge in [0, 0.05) is 48.2 Å². The molecule has 0 bridgehead atoms. The maximum Gasteiger partial charge on any atom is 0.296 e. The summed E-state index contributed by atoms with van der Waals surface area (Å²) in [5.41, 5.74) is 2.48. The Morgan fingerprint density at radius 1 is 0.857 bits per heavy atom. The average molecular weight is 278 g/mol. The van der Waals surface area contributed by atoms with Gasteiger partial charge in [0.15, 0.2) is 0 Å². The van der Waals surface area contributed by atoms with Crippen LogP contribution < -0.4 is 0 Å². The SMILES string of the molecule is O=[N+]([O-])c1cc(-c2ccncc2)cnc1-c1ccncc1. The Morgan fingerprint density at radius 2 is 1.43 bits per heavy atom. The Kier molecular flexibility index (Phi) is 3.34. The summed E-state index contributed by atoms with van der Waals surface area (Å²) in [4.78, 5) is 23.0. The van der Waals surface area contributed by atoms with E-state index in [1.54, 1.807) is 55.2 Å². The van der Waals surface area contributed by atoms with Crippen molar-refractivity contribution in [3.8, 4) is 22.4 Å². The number of aromatic nitrogens is 3. The van der Waals surface area contributed by atoms with Crippen LogP contribution in [0.2, 0.25) is 0 Å². The predicted molar refractivity (Wildman–Crippen MR) is 77.4 cm³/mol. The Labute approximate surface area is 120 Å². The van der Waals surface area contributed by atoms with Crippen molar-refractivity contribution in [2.24, 2.45) is 0 Å². The number of hydrogen-bond donors (Lipinski definition) is 0.